The van der Waals surface area contributed by atoms with Gasteiger partial charge in [-0.1, -0.05) is 12.5 Å². The Kier molecular flexibility index (Phi) is 3.84. The van der Waals surface area contributed by atoms with Crippen molar-refractivity contribution in [3.8, 4) is 0 Å². The molecule has 1 aromatic carbocycles. The molecule has 0 atom stereocenters. The van der Waals surface area contributed by atoms with Crippen molar-refractivity contribution in [1.82, 2.24) is 9.78 Å². The number of nitrogens with zero attached hydrogens (tertiary/aromatic N) is 3. The summed E-state index contributed by atoms with van der Waals surface area (Å²) >= 11 is 0. The SMILES string of the molecule is CC/C(C)=C\C(=NC)c1cc(C)c2c(cnn2C)c1. The summed E-state index contributed by atoms with van der Waals surface area (Å²) in [7, 11) is 3.82. The first-order chi connectivity index (χ1) is 9.06. The van der Waals surface area contributed by atoms with E-state index in [4.69, 9.17) is 0 Å². The minimum absolute atomic E-state index is 1.04. The lowest BCUT2D eigenvalue weighted by atomic mass is 10.0. The molecule has 0 amide bonds. The van der Waals surface area contributed by atoms with Crippen molar-refractivity contribution in [2.75, 3.05) is 7.05 Å². The Hall–Kier alpha value is -1.90. The number of aryl methyl sites for hydroxylation is 2. The van der Waals surface area contributed by atoms with Gasteiger partial charge in [-0.05, 0) is 44.0 Å². The van der Waals surface area contributed by atoms with Gasteiger partial charge >= 0.3 is 0 Å². The Bertz CT molecular complexity index is 660. The highest BCUT2D eigenvalue weighted by Gasteiger charge is 2.08. The Balaban J connectivity index is 2.57. The Morgan fingerprint density at radius 1 is 1.42 bits per heavy atom. The highest BCUT2D eigenvalue weighted by Crippen LogP contribution is 2.21. The van der Waals surface area contributed by atoms with Gasteiger partial charge in [0.1, 0.15) is 0 Å². The second-order valence-corrected chi connectivity index (χ2v) is 4.95. The average Bonchev–Trinajstić information content (AvgIpc) is 2.77. The van der Waals surface area contributed by atoms with E-state index in [1.54, 1.807) is 0 Å². The van der Waals surface area contributed by atoms with Crippen molar-refractivity contribution in [3.63, 3.8) is 0 Å². The van der Waals surface area contributed by atoms with Gasteiger partial charge in [-0.25, -0.2) is 0 Å². The zero-order valence-electron chi connectivity index (χ0n) is 12.4. The number of benzene rings is 1. The van der Waals surface area contributed by atoms with E-state index in [2.05, 4.69) is 49.1 Å². The fourth-order valence-electron chi connectivity index (χ4n) is 2.31. The van der Waals surface area contributed by atoms with Gasteiger partial charge < -0.3 is 0 Å². The number of allylic oxidation sites excluding steroid dienone is 2. The van der Waals surface area contributed by atoms with Gasteiger partial charge in [0.15, 0.2) is 0 Å². The van der Waals surface area contributed by atoms with Gasteiger partial charge in [-0.15, -0.1) is 0 Å². The predicted molar refractivity (Wildman–Crippen MR) is 82.0 cm³/mol. The number of rotatable bonds is 3. The Labute approximate surface area is 114 Å². The summed E-state index contributed by atoms with van der Waals surface area (Å²) in [6.07, 6.45) is 5.12. The molecule has 0 aliphatic rings. The van der Waals surface area contributed by atoms with E-state index < -0.39 is 0 Å². The van der Waals surface area contributed by atoms with Crippen LogP contribution in [0.15, 0.2) is 35.0 Å². The third kappa shape index (κ3) is 2.60. The molecule has 0 aliphatic heterocycles. The summed E-state index contributed by atoms with van der Waals surface area (Å²) in [4.78, 5) is 4.41. The molecule has 2 aromatic rings. The lowest BCUT2D eigenvalue weighted by Gasteiger charge is -2.06. The summed E-state index contributed by atoms with van der Waals surface area (Å²) in [5.74, 6) is 0. The first-order valence-corrected chi connectivity index (χ1v) is 6.63. The van der Waals surface area contributed by atoms with Crippen LogP contribution in [0.5, 0.6) is 0 Å². The second-order valence-electron chi connectivity index (χ2n) is 4.95. The van der Waals surface area contributed by atoms with Crippen LogP contribution in [0.4, 0.5) is 0 Å². The molecular formula is C16H21N3. The lowest BCUT2D eigenvalue weighted by molar-refractivity contribution is 0.794. The van der Waals surface area contributed by atoms with E-state index in [1.807, 2.05) is 25.0 Å². The topological polar surface area (TPSA) is 30.2 Å². The van der Waals surface area contributed by atoms with Crippen LogP contribution >= 0.6 is 0 Å². The molecule has 0 saturated carbocycles. The van der Waals surface area contributed by atoms with Crippen LogP contribution < -0.4 is 0 Å². The van der Waals surface area contributed by atoms with Crippen LogP contribution in [-0.4, -0.2) is 22.5 Å². The molecule has 1 heterocycles. The molecule has 0 bridgehead atoms. The largest absolute Gasteiger partial charge is 0.288 e. The number of aliphatic imine (C=N–C) groups is 1. The van der Waals surface area contributed by atoms with E-state index in [9.17, 15) is 0 Å². The minimum atomic E-state index is 1.04. The number of aromatic nitrogens is 2. The van der Waals surface area contributed by atoms with Gasteiger partial charge in [-0.3, -0.25) is 9.67 Å². The number of hydrogen-bond acceptors (Lipinski definition) is 2. The number of fused-ring (bicyclic) bond motifs is 1. The van der Waals surface area contributed by atoms with Crippen LogP contribution in [0.25, 0.3) is 10.9 Å². The Morgan fingerprint density at radius 3 is 2.79 bits per heavy atom. The summed E-state index contributed by atoms with van der Waals surface area (Å²) in [6.45, 7) is 6.42. The van der Waals surface area contributed by atoms with Crippen molar-refractivity contribution in [2.24, 2.45) is 12.0 Å². The molecular weight excluding hydrogens is 234 g/mol. The van der Waals surface area contributed by atoms with Gasteiger partial charge in [0.05, 0.1) is 17.4 Å². The molecule has 2 rings (SSSR count). The molecule has 19 heavy (non-hydrogen) atoms. The van der Waals surface area contributed by atoms with Crippen molar-refractivity contribution in [2.45, 2.75) is 27.2 Å². The van der Waals surface area contributed by atoms with Gasteiger partial charge in [0, 0.05) is 25.0 Å². The lowest BCUT2D eigenvalue weighted by Crippen LogP contribution is -2.00. The fraction of sp³-hybridized carbons (Fsp3) is 0.375. The van der Waals surface area contributed by atoms with Crippen molar-refractivity contribution >= 4 is 16.6 Å². The fourth-order valence-corrected chi connectivity index (χ4v) is 2.31. The normalized spacial score (nSPS) is 13.3. The summed E-state index contributed by atoms with van der Waals surface area (Å²) in [5, 5.41) is 5.49. The smallest absolute Gasteiger partial charge is 0.0708 e. The first-order valence-electron chi connectivity index (χ1n) is 6.63. The van der Waals surface area contributed by atoms with Gasteiger partial charge in [0.25, 0.3) is 0 Å². The summed E-state index contributed by atoms with van der Waals surface area (Å²) in [6, 6.07) is 4.35. The van der Waals surface area contributed by atoms with Crippen molar-refractivity contribution < 1.29 is 0 Å². The zero-order valence-corrected chi connectivity index (χ0v) is 12.4. The van der Waals surface area contributed by atoms with Gasteiger partial charge in [0.2, 0.25) is 0 Å². The predicted octanol–water partition coefficient (Wildman–Crippen LogP) is 3.66. The first kappa shape index (κ1) is 13.5. The standard InChI is InChI=1S/C16H21N3/c1-6-11(2)7-15(17-4)13-8-12(3)16-14(9-13)10-18-19(16)5/h7-10H,6H2,1-5H3/b11-7-,17-15?. The molecule has 0 unspecified atom stereocenters. The highest BCUT2D eigenvalue weighted by molar-refractivity contribution is 6.10. The third-order valence-electron chi connectivity index (χ3n) is 3.50. The van der Waals surface area contributed by atoms with Crippen LogP contribution in [0, 0.1) is 6.92 Å². The zero-order chi connectivity index (χ0) is 14.0. The van der Waals surface area contributed by atoms with E-state index in [-0.39, 0.29) is 0 Å². The minimum Gasteiger partial charge on any atom is -0.288 e. The summed E-state index contributed by atoms with van der Waals surface area (Å²) in [5.41, 5.74) is 5.96. The molecule has 0 saturated heterocycles. The molecule has 0 N–H and O–H groups in total. The molecule has 1 aromatic heterocycles. The maximum absolute atomic E-state index is 4.41. The van der Waals surface area contributed by atoms with E-state index in [0.29, 0.717) is 0 Å². The quantitative estimate of drug-likeness (QED) is 0.770. The third-order valence-corrected chi connectivity index (χ3v) is 3.50. The van der Waals surface area contributed by atoms with Crippen molar-refractivity contribution in [3.05, 3.63) is 41.1 Å². The molecule has 3 nitrogen and oxygen atoms in total. The summed E-state index contributed by atoms with van der Waals surface area (Å²) < 4.78 is 1.92. The monoisotopic (exact) mass is 255 g/mol. The Morgan fingerprint density at radius 2 is 2.16 bits per heavy atom. The average molecular weight is 255 g/mol. The second kappa shape index (κ2) is 5.39. The maximum Gasteiger partial charge on any atom is 0.0708 e. The highest BCUT2D eigenvalue weighted by atomic mass is 15.2. The molecule has 100 valence electrons. The van der Waals surface area contributed by atoms with Crippen LogP contribution in [0.1, 0.15) is 31.4 Å². The van der Waals surface area contributed by atoms with Gasteiger partial charge in [-0.2, -0.15) is 5.10 Å². The molecule has 0 radical (unpaired) electrons. The molecule has 0 aliphatic carbocycles. The van der Waals surface area contributed by atoms with Crippen LogP contribution in [-0.2, 0) is 7.05 Å². The van der Waals surface area contributed by atoms with E-state index in [0.717, 1.165) is 17.7 Å². The number of hydrogen-bond donors (Lipinski definition) is 0. The maximum atomic E-state index is 4.41. The van der Waals surface area contributed by atoms with Crippen LogP contribution in [0.2, 0.25) is 0 Å². The molecule has 0 fully saturated rings. The molecule has 0 spiro atoms. The van der Waals surface area contributed by atoms with E-state index >= 15 is 0 Å². The molecule has 3 heteroatoms. The van der Waals surface area contributed by atoms with Crippen molar-refractivity contribution in [1.29, 1.82) is 0 Å². The van der Waals surface area contributed by atoms with Crippen LogP contribution in [0.3, 0.4) is 0 Å². The van der Waals surface area contributed by atoms with E-state index in [1.165, 1.54) is 22.0 Å².